The van der Waals surface area contributed by atoms with Gasteiger partial charge in [0.2, 0.25) is 0 Å². The van der Waals surface area contributed by atoms with Crippen molar-refractivity contribution in [3.8, 4) is 44.5 Å². The number of hydrogen-bond donors (Lipinski definition) is 1. The Labute approximate surface area is 345 Å². The molecule has 0 saturated carbocycles. The van der Waals surface area contributed by atoms with Gasteiger partial charge < -0.3 is 5.41 Å². The maximum Gasteiger partial charge on any atom is 0.0723 e. The first-order valence-corrected chi connectivity index (χ1v) is 20.1. The van der Waals surface area contributed by atoms with Gasteiger partial charge in [0.05, 0.1) is 11.4 Å². The molecular formula is C56H41N3. The van der Waals surface area contributed by atoms with Crippen molar-refractivity contribution in [1.29, 1.82) is 5.41 Å². The highest BCUT2D eigenvalue weighted by Gasteiger charge is 2.35. The Bertz CT molecular complexity index is 3100. The third kappa shape index (κ3) is 6.67. The zero-order chi connectivity index (χ0) is 39.9. The van der Waals surface area contributed by atoms with Crippen LogP contribution in [0.4, 0.5) is 0 Å². The van der Waals surface area contributed by atoms with Crippen LogP contribution in [-0.2, 0) is 5.41 Å². The van der Waals surface area contributed by atoms with Crippen LogP contribution in [0.5, 0.6) is 0 Å². The van der Waals surface area contributed by atoms with Crippen LogP contribution in [0.3, 0.4) is 0 Å². The molecule has 59 heavy (non-hydrogen) atoms. The summed E-state index contributed by atoms with van der Waals surface area (Å²) in [5, 5.41) is 13.8. The highest BCUT2D eigenvalue weighted by molar-refractivity contribution is 6.12. The van der Waals surface area contributed by atoms with E-state index < -0.39 is 0 Å². The van der Waals surface area contributed by atoms with E-state index >= 15 is 0 Å². The van der Waals surface area contributed by atoms with Crippen LogP contribution in [-0.4, -0.2) is 16.9 Å². The lowest BCUT2D eigenvalue weighted by Gasteiger charge is -2.22. The number of aliphatic imine (C=N–C) groups is 1. The first-order chi connectivity index (χ1) is 28.9. The lowest BCUT2D eigenvalue weighted by molar-refractivity contribution is 0.661. The van der Waals surface area contributed by atoms with E-state index in [0.717, 1.165) is 44.2 Å². The number of benzene rings is 8. The fraction of sp³-hybridized carbons (Fsp3) is 0.0536. The van der Waals surface area contributed by atoms with E-state index in [1.165, 1.54) is 49.7 Å². The maximum absolute atomic E-state index is 8.94. The summed E-state index contributed by atoms with van der Waals surface area (Å²) in [4.78, 5) is 9.36. The summed E-state index contributed by atoms with van der Waals surface area (Å²) in [5.74, 6) is 0. The van der Waals surface area contributed by atoms with Crippen molar-refractivity contribution in [2.24, 2.45) is 4.99 Å². The molecule has 0 spiro atoms. The SMILES string of the molecule is CC1(C)c2ccc(-c3ccc(-c4ccc(C=N/C(=C\C(=N)c5ccccc5)c5ccc(-c6cccnc6)cc5)c5ccccc45)cc3)cc2-c2cc3ccccc3cc21. The average molecular weight is 756 g/mol. The van der Waals surface area contributed by atoms with E-state index in [-0.39, 0.29) is 5.41 Å². The monoisotopic (exact) mass is 755 g/mol. The Hall–Kier alpha value is -7.49. The topological polar surface area (TPSA) is 49.1 Å². The van der Waals surface area contributed by atoms with Crippen molar-refractivity contribution in [2.75, 3.05) is 0 Å². The van der Waals surface area contributed by atoms with Crippen molar-refractivity contribution in [3.63, 3.8) is 0 Å². The predicted octanol–water partition coefficient (Wildman–Crippen LogP) is 14.2. The molecule has 0 atom stereocenters. The summed E-state index contributed by atoms with van der Waals surface area (Å²) in [7, 11) is 0. The maximum atomic E-state index is 8.94. The zero-order valence-corrected chi connectivity index (χ0v) is 33.0. The number of hydrogen-bond acceptors (Lipinski definition) is 3. The van der Waals surface area contributed by atoms with Crippen LogP contribution in [0.2, 0.25) is 0 Å². The van der Waals surface area contributed by atoms with E-state index in [1.807, 2.05) is 54.9 Å². The molecule has 9 aromatic rings. The van der Waals surface area contributed by atoms with Gasteiger partial charge in [-0.2, -0.15) is 0 Å². The molecule has 0 fully saturated rings. The normalized spacial score (nSPS) is 13.2. The summed E-state index contributed by atoms with van der Waals surface area (Å²) in [5.41, 5.74) is 16.2. The molecule has 280 valence electrons. The lowest BCUT2D eigenvalue weighted by atomic mass is 9.81. The fourth-order valence-electron chi connectivity index (χ4n) is 8.68. The van der Waals surface area contributed by atoms with Gasteiger partial charge in [0, 0.05) is 35.2 Å². The van der Waals surface area contributed by atoms with Gasteiger partial charge >= 0.3 is 0 Å². The Morgan fingerprint density at radius 1 is 0.508 bits per heavy atom. The van der Waals surface area contributed by atoms with Crippen LogP contribution in [0.15, 0.2) is 205 Å². The number of pyridine rings is 1. The molecule has 0 aliphatic heterocycles. The Balaban J connectivity index is 0.970. The molecular weight excluding hydrogens is 715 g/mol. The van der Waals surface area contributed by atoms with Gasteiger partial charge in [-0.25, -0.2) is 0 Å². The van der Waals surface area contributed by atoms with Crippen LogP contribution >= 0.6 is 0 Å². The van der Waals surface area contributed by atoms with Crippen LogP contribution in [0.25, 0.3) is 71.7 Å². The number of fused-ring (bicyclic) bond motifs is 5. The minimum Gasteiger partial charge on any atom is -0.300 e. The average Bonchev–Trinajstić information content (AvgIpc) is 3.51. The molecule has 0 saturated heterocycles. The molecule has 0 radical (unpaired) electrons. The van der Waals surface area contributed by atoms with Crippen LogP contribution in [0, 0.1) is 5.41 Å². The Morgan fingerprint density at radius 3 is 1.92 bits per heavy atom. The highest BCUT2D eigenvalue weighted by Crippen LogP contribution is 2.51. The summed E-state index contributed by atoms with van der Waals surface area (Å²) in [6.45, 7) is 4.69. The molecule has 1 aliphatic carbocycles. The summed E-state index contributed by atoms with van der Waals surface area (Å²) < 4.78 is 0. The van der Waals surface area contributed by atoms with Crippen molar-refractivity contribution in [1.82, 2.24) is 4.98 Å². The van der Waals surface area contributed by atoms with Crippen LogP contribution in [0.1, 0.15) is 41.7 Å². The second kappa shape index (κ2) is 14.8. The van der Waals surface area contributed by atoms with Gasteiger partial charge in [0.15, 0.2) is 0 Å². The highest BCUT2D eigenvalue weighted by atomic mass is 14.7. The van der Waals surface area contributed by atoms with E-state index in [1.54, 1.807) is 6.20 Å². The third-order valence-corrected chi connectivity index (χ3v) is 11.9. The smallest absolute Gasteiger partial charge is 0.0723 e. The van der Waals surface area contributed by atoms with Gasteiger partial charge in [0.25, 0.3) is 0 Å². The number of aromatic nitrogens is 1. The van der Waals surface area contributed by atoms with Gasteiger partial charge in [-0.05, 0) is 113 Å². The number of nitrogens with zero attached hydrogens (tertiary/aromatic N) is 2. The molecule has 3 nitrogen and oxygen atoms in total. The van der Waals surface area contributed by atoms with Crippen molar-refractivity contribution in [2.45, 2.75) is 19.3 Å². The molecule has 0 amide bonds. The molecule has 10 rings (SSSR count). The minimum absolute atomic E-state index is 0.0513. The standard InChI is InChI=1S/C56H41N3/c1-56(2)52-29-27-44(32-50(52)51-31-42-13-6-7-14-43(42)33-53(51)56)37-18-22-39(23-19-37)48-28-26-46(47-16-8-9-17-49(47)48)36-59-55(34-54(57)40-11-4-3-5-12-40)41-24-20-38(21-25-41)45-15-10-30-58-35-45/h3-36,57H,1-2H3/b55-34-,57-54?,59-36?. The van der Waals surface area contributed by atoms with Gasteiger partial charge in [-0.3, -0.25) is 9.98 Å². The number of rotatable bonds is 8. The fourth-order valence-corrected chi connectivity index (χ4v) is 8.68. The molecule has 1 aliphatic rings. The van der Waals surface area contributed by atoms with Crippen molar-refractivity contribution in [3.05, 3.63) is 228 Å². The molecule has 8 aromatic carbocycles. The Morgan fingerprint density at radius 2 is 1.15 bits per heavy atom. The quantitative estimate of drug-likeness (QED) is 0.154. The zero-order valence-electron chi connectivity index (χ0n) is 33.0. The molecule has 1 aromatic heterocycles. The first kappa shape index (κ1) is 35.9. The summed E-state index contributed by atoms with van der Waals surface area (Å²) in [6.07, 6.45) is 7.44. The number of allylic oxidation sites excluding steroid dienone is 1. The molecule has 1 heterocycles. The molecule has 1 N–H and O–H groups in total. The Kier molecular flexibility index (Phi) is 8.99. The lowest BCUT2D eigenvalue weighted by Crippen LogP contribution is -2.14. The van der Waals surface area contributed by atoms with E-state index in [0.29, 0.717) is 11.4 Å². The second-order valence-electron chi connectivity index (χ2n) is 15.8. The first-order valence-electron chi connectivity index (χ1n) is 20.1. The van der Waals surface area contributed by atoms with E-state index in [2.05, 4.69) is 164 Å². The number of nitrogens with one attached hydrogen (secondary N) is 1. The minimum atomic E-state index is -0.0513. The summed E-state index contributed by atoms with van der Waals surface area (Å²) >= 11 is 0. The molecule has 3 heteroatoms. The summed E-state index contributed by atoms with van der Waals surface area (Å²) in [6, 6.07) is 64.4. The van der Waals surface area contributed by atoms with Crippen LogP contribution < -0.4 is 0 Å². The van der Waals surface area contributed by atoms with Crippen molar-refractivity contribution < 1.29 is 0 Å². The molecule has 0 bridgehead atoms. The largest absolute Gasteiger partial charge is 0.300 e. The molecule has 0 unspecified atom stereocenters. The van der Waals surface area contributed by atoms with Gasteiger partial charge in [-0.15, -0.1) is 0 Å². The van der Waals surface area contributed by atoms with Gasteiger partial charge in [-0.1, -0.05) is 172 Å². The third-order valence-electron chi connectivity index (χ3n) is 11.9. The second-order valence-corrected chi connectivity index (χ2v) is 15.8. The van der Waals surface area contributed by atoms with Crippen molar-refractivity contribution >= 4 is 39.2 Å². The predicted molar refractivity (Wildman–Crippen MR) is 248 cm³/mol. The van der Waals surface area contributed by atoms with E-state index in [9.17, 15) is 0 Å². The van der Waals surface area contributed by atoms with E-state index in [4.69, 9.17) is 10.4 Å². The van der Waals surface area contributed by atoms with Gasteiger partial charge in [0.1, 0.15) is 0 Å².